The van der Waals surface area contributed by atoms with Gasteiger partial charge >= 0.3 is 0 Å². The van der Waals surface area contributed by atoms with Gasteiger partial charge in [0.1, 0.15) is 5.82 Å². The number of aromatic nitrogens is 1. The van der Waals surface area contributed by atoms with E-state index in [1.807, 2.05) is 18.2 Å². The smallest absolute Gasteiger partial charge is 0.251 e. The summed E-state index contributed by atoms with van der Waals surface area (Å²) in [4.78, 5) is 53.2. The molecule has 230 valence electrons. The number of hydrogen-bond donors (Lipinski definition) is 1. The first-order chi connectivity index (χ1) is 21.1. The second kappa shape index (κ2) is 12.1. The largest absolute Gasteiger partial charge is 0.381 e. The van der Waals surface area contributed by atoms with Crippen LogP contribution in [0.5, 0.6) is 0 Å². The molecule has 2 saturated carbocycles. The molecular weight excluding hydrogens is 583 g/mol. The van der Waals surface area contributed by atoms with Crippen LogP contribution in [0.25, 0.3) is 11.1 Å². The fraction of sp³-hybridized carbons (Fsp3) is 0.429. The Bertz CT molecular complexity index is 1700. The summed E-state index contributed by atoms with van der Waals surface area (Å²) >= 11 is 6.39. The average molecular weight is 619 g/mol. The number of carbonyl (C=O) groups is 3. The minimum Gasteiger partial charge on any atom is -0.381 e. The van der Waals surface area contributed by atoms with Gasteiger partial charge in [-0.25, -0.2) is 4.39 Å². The molecule has 9 heteroatoms. The number of ether oxygens (including phenoxy) is 1. The van der Waals surface area contributed by atoms with Crippen LogP contribution in [0.1, 0.15) is 89.3 Å². The minimum atomic E-state index is -0.891. The highest BCUT2D eigenvalue weighted by molar-refractivity contribution is 6.31. The molecule has 3 aliphatic carbocycles. The van der Waals surface area contributed by atoms with Crippen molar-refractivity contribution < 1.29 is 23.5 Å². The van der Waals surface area contributed by atoms with Gasteiger partial charge in [-0.05, 0) is 109 Å². The summed E-state index contributed by atoms with van der Waals surface area (Å²) in [6, 6.07) is 10.2. The topological polar surface area (TPSA) is 108 Å². The summed E-state index contributed by atoms with van der Waals surface area (Å²) in [6.07, 6.45) is 8.49. The van der Waals surface area contributed by atoms with Gasteiger partial charge in [0.2, 0.25) is 0 Å². The lowest BCUT2D eigenvalue weighted by Gasteiger charge is -2.31. The van der Waals surface area contributed by atoms with Crippen LogP contribution < -0.4 is 11.3 Å². The molecule has 0 bridgehead atoms. The van der Waals surface area contributed by atoms with Crippen molar-refractivity contribution in [3.63, 3.8) is 0 Å². The minimum absolute atomic E-state index is 0.0483. The molecule has 2 aromatic carbocycles. The molecular formula is C35H36ClFN2O5. The van der Waals surface area contributed by atoms with Crippen LogP contribution in [0.15, 0.2) is 53.5 Å². The van der Waals surface area contributed by atoms with E-state index in [0.717, 1.165) is 62.1 Å². The van der Waals surface area contributed by atoms with Gasteiger partial charge in [-0.3, -0.25) is 19.2 Å². The Kier molecular flexibility index (Phi) is 8.33. The molecule has 3 aliphatic rings. The lowest BCUT2D eigenvalue weighted by atomic mass is 9.80. The lowest BCUT2D eigenvalue weighted by Crippen LogP contribution is -2.34. The fourth-order valence-corrected chi connectivity index (χ4v) is 7.30. The Morgan fingerprint density at radius 3 is 2.43 bits per heavy atom. The van der Waals surface area contributed by atoms with Crippen LogP contribution in [0, 0.1) is 17.2 Å². The first-order valence-electron chi connectivity index (χ1n) is 15.3. The number of hydrogen-bond acceptors (Lipinski definition) is 5. The lowest BCUT2D eigenvalue weighted by molar-refractivity contribution is -0.122. The third-order valence-electron chi connectivity index (χ3n) is 9.87. The Hall–Kier alpha value is -3.62. The SMILES string of the molecule is COC1CCC(CC(C(=O)Cc2ccc(C(N)=O)c(F)c2)n2cc3c(cc2=O)-c2cc(Cl)ccc2CC2(CC2)CC3=O)CC1. The van der Waals surface area contributed by atoms with Crippen molar-refractivity contribution in [2.45, 2.75) is 76.4 Å². The van der Waals surface area contributed by atoms with E-state index in [0.29, 0.717) is 34.6 Å². The van der Waals surface area contributed by atoms with Crippen molar-refractivity contribution >= 4 is 29.1 Å². The van der Waals surface area contributed by atoms with Gasteiger partial charge in [-0.2, -0.15) is 0 Å². The first-order valence-corrected chi connectivity index (χ1v) is 15.7. The fourth-order valence-electron chi connectivity index (χ4n) is 7.13. The van der Waals surface area contributed by atoms with E-state index in [1.54, 1.807) is 13.3 Å². The van der Waals surface area contributed by atoms with Crippen LogP contribution >= 0.6 is 11.6 Å². The molecule has 0 saturated heterocycles. The Morgan fingerprint density at radius 2 is 1.77 bits per heavy atom. The number of benzene rings is 2. The van der Waals surface area contributed by atoms with Crippen molar-refractivity contribution in [2.75, 3.05) is 7.11 Å². The van der Waals surface area contributed by atoms with Gasteiger partial charge < -0.3 is 15.0 Å². The van der Waals surface area contributed by atoms with Crippen LogP contribution in [0.2, 0.25) is 5.02 Å². The Morgan fingerprint density at radius 1 is 1.02 bits per heavy atom. The highest BCUT2D eigenvalue weighted by Crippen LogP contribution is 2.54. The Labute approximate surface area is 260 Å². The third-order valence-corrected chi connectivity index (χ3v) is 10.1. The maximum atomic E-state index is 14.6. The van der Waals surface area contributed by atoms with E-state index in [2.05, 4.69) is 0 Å². The standard InChI is InChI=1S/C35H36ClFN2O5/c1-44-24-7-2-20(3-8-24)13-30(31(40)14-21-4-9-25(34(38)43)29(37)12-21)39-19-28-27(16-33(39)42)26-15-23(36)6-5-22(26)17-35(10-11-35)18-32(28)41/h4-6,9,12,15-16,19-20,24,30H,2-3,7-8,10-11,13-14,17-18H2,1H3,(H2,38,43). The number of nitrogens with two attached hydrogens (primary N) is 1. The maximum Gasteiger partial charge on any atom is 0.251 e. The summed E-state index contributed by atoms with van der Waals surface area (Å²) < 4.78 is 21.5. The van der Waals surface area contributed by atoms with Crippen molar-refractivity contribution in [3.05, 3.63) is 92.1 Å². The predicted molar refractivity (Wildman–Crippen MR) is 166 cm³/mol. The third kappa shape index (κ3) is 6.15. The molecule has 0 aliphatic heterocycles. The molecule has 1 unspecified atom stereocenters. The normalized spacial score (nSPS) is 21.1. The van der Waals surface area contributed by atoms with E-state index < -0.39 is 17.8 Å². The molecule has 0 radical (unpaired) electrons. The molecule has 1 amide bonds. The highest BCUT2D eigenvalue weighted by Gasteiger charge is 2.46. The number of fused-ring (bicyclic) bond motifs is 3. The number of carbonyl (C=O) groups excluding carboxylic acids is 3. The number of methoxy groups -OCH3 is 1. The quantitative estimate of drug-likeness (QED) is 0.320. The zero-order valence-corrected chi connectivity index (χ0v) is 25.5. The first kappa shape index (κ1) is 30.4. The molecule has 7 nitrogen and oxygen atoms in total. The number of rotatable bonds is 8. The number of primary amides is 1. The second-order valence-electron chi connectivity index (χ2n) is 12.9. The average Bonchev–Trinajstić information content (AvgIpc) is 3.75. The van der Waals surface area contributed by atoms with Crippen molar-refractivity contribution in [3.8, 4) is 11.1 Å². The summed E-state index contributed by atoms with van der Waals surface area (Å²) in [5, 5.41) is 0.519. The van der Waals surface area contributed by atoms with E-state index in [1.165, 1.54) is 22.8 Å². The van der Waals surface area contributed by atoms with Gasteiger partial charge in [0, 0.05) is 42.8 Å². The van der Waals surface area contributed by atoms with Gasteiger partial charge in [0.05, 0.1) is 17.7 Å². The molecule has 1 heterocycles. The molecule has 1 atom stereocenters. The van der Waals surface area contributed by atoms with Crippen LogP contribution in [-0.4, -0.2) is 35.3 Å². The summed E-state index contributed by atoms with van der Waals surface area (Å²) in [7, 11) is 1.70. The molecule has 2 N–H and O–H groups in total. The van der Waals surface area contributed by atoms with Crippen molar-refractivity contribution in [1.82, 2.24) is 4.57 Å². The maximum absolute atomic E-state index is 14.6. The van der Waals surface area contributed by atoms with Crippen molar-refractivity contribution in [1.29, 1.82) is 0 Å². The molecule has 6 rings (SSSR count). The molecule has 2 fully saturated rings. The zero-order valence-electron chi connectivity index (χ0n) is 24.7. The number of nitrogens with zero attached hydrogens (tertiary/aromatic N) is 1. The number of pyridine rings is 1. The van der Waals surface area contributed by atoms with Crippen LogP contribution in [-0.2, 0) is 22.4 Å². The number of ketones is 2. The van der Waals surface area contributed by atoms with Gasteiger partial charge in [-0.1, -0.05) is 23.7 Å². The number of Topliss-reactive ketones (excluding diaryl/α,β-unsaturated/α-hetero) is 2. The monoisotopic (exact) mass is 618 g/mol. The zero-order chi connectivity index (χ0) is 31.2. The molecule has 44 heavy (non-hydrogen) atoms. The van der Waals surface area contributed by atoms with Gasteiger partial charge in [0.25, 0.3) is 11.5 Å². The summed E-state index contributed by atoms with van der Waals surface area (Å²) in [5.74, 6) is -1.84. The second-order valence-corrected chi connectivity index (χ2v) is 13.3. The molecule has 1 aromatic heterocycles. The Balaban J connectivity index is 1.40. The van der Waals surface area contributed by atoms with E-state index in [-0.39, 0.29) is 46.5 Å². The van der Waals surface area contributed by atoms with E-state index in [4.69, 9.17) is 22.1 Å². The van der Waals surface area contributed by atoms with Crippen LogP contribution in [0.3, 0.4) is 0 Å². The summed E-state index contributed by atoms with van der Waals surface area (Å²) in [5.41, 5.74) is 7.69. The van der Waals surface area contributed by atoms with Gasteiger partial charge in [-0.15, -0.1) is 0 Å². The molecule has 1 spiro atoms. The number of amides is 1. The van der Waals surface area contributed by atoms with Gasteiger partial charge in [0.15, 0.2) is 11.6 Å². The van der Waals surface area contributed by atoms with E-state index in [9.17, 15) is 23.6 Å². The number of halogens is 2. The summed E-state index contributed by atoms with van der Waals surface area (Å²) in [6.45, 7) is 0. The van der Waals surface area contributed by atoms with E-state index >= 15 is 0 Å². The van der Waals surface area contributed by atoms with Crippen LogP contribution in [0.4, 0.5) is 4.39 Å². The predicted octanol–water partition coefficient (Wildman–Crippen LogP) is 6.26. The van der Waals surface area contributed by atoms with Crippen molar-refractivity contribution in [2.24, 2.45) is 17.1 Å². The highest BCUT2D eigenvalue weighted by atomic mass is 35.5. The molecule has 3 aromatic rings.